The van der Waals surface area contributed by atoms with E-state index in [9.17, 15) is 45.0 Å². The van der Waals surface area contributed by atoms with Crippen LogP contribution in [0.3, 0.4) is 0 Å². The summed E-state index contributed by atoms with van der Waals surface area (Å²) in [6, 6.07) is 6.72. The standard InChI is InChI=1S/C25H28O6.C19H36O4.C19H34O4/c1-24(2)9-8-16-20(30-24)7-6-14(23(16)29-5)11-18(26)17-10-15-12-22(28)25(3,4)31-21(15)13-19(17)27;2*1-3-4-5-6-7-8-9-10-11-12-13-14-18(21)15-19(22)16-23-17(2)20/h6-10,13,22,27-28H,11-12H2,1-5H3;3,18-19,21-22H,1,4-16H2,2H3;1,18-19,21-22H,4-16H2,2H3. The van der Waals surface area contributed by atoms with Gasteiger partial charge < -0.3 is 54.3 Å². The number of rotatable bonds is 35. The minimum atomic E-state index is -0.775. The van der Waals surface area contributed by atoms with Gasteiger partial charge in [0, 0.05) is 57.6 Å². The Labute approximate surface area is 462 Å². The Morgan fingerprint density at radius 1 is 0.727 bits per heavy atom. The number of terminal acetylenes is 1. The molecule has 4 rings (SSSR count). The lowest BCUT2D eigenvalue weighted by molar-refractivity contribution is -0.145. The van der Waals surface area contributed by atoms with E-state index in [2.05, 4.69) is 12.5 Å². The van der Waals surface area contributed by atoms with Gasteiger partial charge in [-0.15, -0.1) is 18.9 Å². The number of aliphatic hydroxyl groups excluding tert-OH is 5. The van der Waals surface area contributed by atoms with Crippen LogP contribution in [0.25, 0.3) is 6.08 Å². The van der Waals surface area contributed by atoms with E-state index < -0.39 is 53.7 Å². The van der Waals surface area contributed by atoms with Crippen molar-refractivity contribution >= 4 is 23.8 Å². The van der Waals surface area contributed by atoms with Crippen LogP contribution >= 0.6 is 0 Å². The third-order valence-corrected chi connectivity index (χ3v) is 13.7. The van der Waals surface area contributed by atoms with Crippen molar-refractivity contribution in [3.05, 3.63) is 65.3 Å². The van der Waals surface area contributed by atoms with Gasteiger partial charge in [-0.3, -0.25) is 14.4 Å². The number of carbonyl (C=O) groups is 3. The zero-order chi connectivity index (χ0) is 57.2. The summed E-state index contributed by atoms with van der Waals surface area (Å²) in [6.07, 6.45) is 34.1. The van der Waals surface area contributed by atoms with Crippen LogP contribution in [0.2, 0.25) is 0 Å². The number of allylic oxidation sites excluding steroid dienone is 1. The first-order chi connectivity index (χ1) is 36.6. The van der Waals surface area contributed by atoms with Gasteiger partial charge in [-0.2, -0.15) is 0 Å². The first kappa shape index (κ1) is 68.2. The Kier molecular flexibility index (Phi) is 33.5. The molecule has 0 radical (unpaired) electrons. The topological polar surface area (TPSA) is 219 Å². The molecular formula is C63H98O14. The summed E-state index contributed by atoms with van der Waals surface area (Å²) in [6.45, 7) is 13.8. The summed E-state index contributed by atoms with van der Waals surface area (Å²) in [5.41, 5.74) is 1.22. The van der Waals surface area contributed by atoms with Gasteiger partial charge in [0.1, 0.15) is 47.4 Å². The number of ketones is 1. The molecule has 0 spiro atoms. The Morgan fingerprint density at radius 3 is 1.70 bits per heavy atom. The molecule has 0 saturated heterocycles. The number of methoxy groups -OCH3 is 1. The van der Waals surface area contributed by atoms with Gasteiger partial charge in [-0.25, -0.2) is 0 Å². The second-order valence-electron chi connectivity index (χ2n) is 21.9. The average Bonchev–Trinajstić information content (AvgIpc) is 3.36. The highest BCUT2D eigenvalue weighted by Gasteiger charge is 2.37. The van der Waals surface area contributed by atoms with Gasteiger partial charge in [0.25, 0.3) is 0 Å². The van der Waals surface area contributed by atoms with Crippen LogP contribution in [-0.4, -0.2) is 110 Å². The van der Waals surface area contributed by atoms with E-state index >= 15 is 0 Å². The van der Waals surface area contributed by atoms with Gasteiger partial charge in [0.05, 0.1) is 48.8 Å². The van der Waals surface area contributed by atoms with Crippen molar-refractivity contribution in [2.45, 2.75) is 250 Å². The molecule has 0 aliphatic carbocycles. The highest BCUT2D eigenvalue weighted by atomic mass is 16.5. The number of hydrogen-bond donors (Lipinski definition) is 6. The number of Topliss-reactive ketones (excluding diaryl/α,β-unsaturated/α-hetero) is 1. The predicted octanol–water partition coefficient (Wildman–Crippen LogP) is 11.8. The fourth-order valence-electron chi connectivity index (χ4n) is 9.20. The summed E-state index contributed by atoms with van der Waals surface area (Å²) in [4.78, 5) is 34.3. The van der Waals surface area contributed by atoms with Crippen molar-refractivity contribution in [3.8, 4) is 35.3 Å². The van der Waals surface area contributed by atoms with E-state index in [1.807, 2.05) is 44.2 Å². The third kappa shape index (κ3) is 29.0. The summed E-state index contributed by atoms with van der Waals surface area (Å²) in [7, 11) is 1.56. The Morgan fingerprint density at radius 2 is 1.22 bits per heavy atom. The normalized spacial score (nSPS) is 16.1. The van der Waals surface area contributed by atoms with Crippen LogP contribution in [0.4, 0.5) is 0 Å². The lowest BCUT2D eigenvalue weighted by Crippen LogP contribution is -2.46. The minimum absolute atomic E-state index is 0.0286. The van der Waals surface area contributed by atoms with Crippen molar-refractivity contribution in [1.29, 1.82) is 0 Å². The Hall–Kier alpha value is -4.91. The molecule has 2 aromatic carbocycles. The Balaban J connectivity index is 0.000000404. The lowest BCUT2D eigenvalue weighted by atomic mass is 9.89. The summed E-state index contributed by atoms with van der Waals surface area (Å²) in [5.74, 6) is 3.23. The van der Waals surface area contributed by atoms with Crippen LogP contribution in [0.5, 0.6) is 23.0 Å². The van der Waals surface area contributed by atoms with Gasteiger partial charge in [0.2, 0.25) is 0 Å². The molecule has 0 bridgehead atoms. The molecule has 14 nitrogen and oxygen atoms in total. The van der Waals surface area contributed by atoms with Crippen LogP contribution in [0.15, 0.2) is 43.0 Å². The molecule has 2 heterocycles. The van der Waals surface area contributed by atoms with Gasteiger partial charge in [-0.05, 0) is 89.6 Å². The highest BCUT2D eigenvalue weighted by Crippen LogP contribution is 2.41. The molecule has 0 amide bonds. The summed E-state index contributed by atoms with van der Waals surface area (Å²) >= 11 is 0. The number of phenolic OH excluding ortho intramolecular Hbond substituents is 1. The number of unbranched alkanes of at least 4 members (excludes halogenated alkanes) is 18. The summed E-state index contributed by atoms with van der Waals surface area (Å²) < 4.78 is 26.8. The van der Waals surface area contributed by atoms with E-state index in [1.54, 1.807) is 27.0 Å². The monoisotopic (exact) mass is 1080 g/mol. The maximum absolute atomic E-state index is 13.1. The van der Waals surface area contributed by atoms with E-state index in [1.165, 1.54) is 103 Å². The van der Waals surface area contributed by atoms with Crippen molar-refractivity contribution in [3.63, 3.8) is 0 Å². The van der Waals surface area contributed by atoms with Crippen LogP contribution in [0, 0.1) is 12.3 Å². The number of hydrogen-bond acceptors (Lipinski definition) is 14. The zero-order valence-electron chi connectivity index (χ0n) is 48.0. The van der Waals surface area contributed by atoms with Crippen LogP contribution in [-0.2, 0) is 31.9 Å². The fraction of sp³-hybridized carbons (Fsp3) is 0.667. The molecule has 0 aromatic heterocycles. The molecule has 6 N–H and O–H groups in total. The van der Waals surface area contributed by atoms with Crippen molar-refractivity contribution in [2.24, 2.45) is 0 Å². The van der Waals surface area contributed by atoms with Gasteiger partial charge in [0.15, 0.2) is 5.78 Å². The van der Waals surface area contributed by atoms with E-state index in [-0.39, 0.29) is 49.6 Å². The SMILES string of the molecule is C#CCCCCCCCCCCCC(O)CC(O)COC(C)=O.C=CCCCCCCCCCCCC(O)CC(O)COC(C)=O.COc1c(CC(=O)c2cc3c(cc2O)OC(C)(C)C(O)C3)ccc2c1C=CC(C)(C)O2. The molecule has 5 unspecified atom stereocenters. The molecule has 2 aromatic rings. The van der Waals surface area contributed by atoms with Crippen molar-refractivity contribution in [1.82, 2.24) is 0 Å². The van der Waals surface area contributed by atoms with E-state index in [0.29, 0.717) is 47.6 Å². The smallest absolute Gasteiger partial charge is 0.302 e. The molecule has 0 fully saturated rings. The molecular weight excluding hydrogens is 981 g/mol. The number of aromatic hydroxyl groups is 1. The number of ether oxygens (including phenoxy) is 5. The van der Waals surface area contributed by atoms with Gasteiger partial charge >= 0.3 is 11.9 Å². The zero-order valence-corrected chi connectivity index (χ0v) is 48.0. The average molecular weight is 1080 g/mol. The van der Waals surface area contributed by atoms with Crippen molar-refractivity contribution < 1.29 is 68.7 Å². The molecule has 434 valence electrons. The largest absolute Gasteiger partial charge is 0.507 e. The number of aliphatic hydroxyl groups is 5. The van der Waals surface area contributed by atoms with E-state index in [0.717, 1.165) is 50.5 Å². The van der Waals surface area contributed by atoms with Gasteiger partial charge in [-0.1, -0.05) is 115 Å². The number of benzene rings is 2. The van der Waals surface area contributed by atoms with Crippen LogP contribution < -0.4 is 14.2 Å². The quantitative estimate of drug-likeness (QED) is 0.0124. The van der Waals surface area contributed by atoms with Crippen molar-refractivity contribution in [2.75, 3.05) is 20.3 Å². The number of phenols is 1. The molecule has 77 heavy (non-hydrogen) atoms. The maximum atomic E-state index is 13.1. The first-order valence-electron chi connectivity index (χ1n) is 28.5. The lowest BCUT2D eigenvalue weighted by Gasteiger charge is -2.37. The fourth-order valence-corrected chi connectivity index (χ4v) is 9.20. The number of carbonyl (C=O) groups excluding carboxylic acids is 3. The highest BCUT2D eigenvalue weighted by molar-refractivity contribution is 6.01. The number of fused-ring (bicyclic) bond motifs is 2. The summed E-state index contributed by atoms with van der Waals surface area (Å²) in [5, 5.41) is 59.7. The second kappa shape index (κ2) is 37.8. The van der Waals surface area contributed by atoms with Crippen LogP contribution in [0.1, 0.15) is 223 Å². The predicted molar refractivity (Wildman–Crippen MR) is 304 cm³/mol. The molecule has 2 aliphatic rings. The third-order valence-electron chi connectivity index (χ3n) is 13.7. The molecule has 5 atom stereocenters. The molecule has 2 aliphatic heterocycles. The first-order valence-corrected chi connectivity index (χ1v) is 28.5. The molecule has 14 heteroatoms. The molecule has 0 saturated carbocycles. The second-order valence-corrected chi connectivity index (χ2v) is 21.9. The maximum Gasteiger partial charge on any atom is 0.302 e. The van der Waals surface area contributed by atoms with E-state index in [4.69, 9.17) is 30.1 Å². The minimum Gasteiger partial charge on any atom is -0.507 e. The number of esters is 2. The Bertz CT molecular complexity index is 2100.